The third kappa shape index (κ3) is 1.55. The molecule has 1 heterocycles. The van der Waals surface area contributed by atoms with E-state index in [4.69, 9.17) is 9.47 Å². The maximum atomic E-state index is 10.9. The first-order valence-electron chi connectivity index (χ1n) is 4.81. The average molecular weight is 236 g/mol. The summed E-state index contributed by atoms with van der Waals surface area (Å²) >= 11 is 1.47. The fourth-order valence-electron chi connectivity index (χ4n) is 1.68. The molecule has 4 heteroatoms. The van der Waals surface area contributed by atoms with Crippen molar-refractivity contribution in [2.24, 2.45) is 0 Å². The maximum Gasteiger partial charge on any atom is 0.162 e. The standard InChI is InChI=1S/C12H12O3S/c1-7-8-4-9(14-2)10(15-3)5-11(8)16-12(7)6-13/h4-6H,1-3H3. The minimum Gasteiger partial charge on any atom is -0.493 e. The van der Waals surface area contributed by atoms with Gasteiger partial charge in [0.25, 0.3) is 0 Å². The van der Waals surface area contributed by atoms with Gasteiger partial charge in [-0.2, -0.15) is 0 Å². The van der Waals surface area contributed by atoms with Crippen LogP contribution in [0, 0.1) is 6.92 Å². The van der Waals surface area contributed by atoms with Crippen LogP contribution in [0.25, 0.3) is 10.1 Å². The van der Waals surface area contributed by atoms with E-state index < -0.39 is 0 Å². The minimum absolute atomic E-state index is 0.688. The van der Waals surface area contributed by atoms with Crippen molar-refractivity contribution in [2.45, 2.75) is 6.92 Å². The van der Waals surface area contributed by atoms with Gasteiger partial charge in [0.2, 0.25) is 0 Å². The maximum absolute atomic E-state index is 10.9. The van der Waals surface area contributed by atoms with Gasteiger partial charge in [-0.1, -0.05) is 0 Å². The number of carbonyl (C=O) groups excluding carboxylic acids is 1. The Hall–Kier alpha value is -1.55. The summed E-state index contributed by atoms with van der Waals surface area (Å²) in [5.41, 5.74) is 0.996. The molecule has 2 rings (SSSR count). The van der Waals surface area contributed by atoms with Crippen LogP contribution in [0.15, 0.2) is 12.1 Å². The van der Waals surface area contributed by atoms with E-state index in [-0.39, 0.29) is 0 Å². The number of aryl methyl sites for hydroxylation is 1. The Morgan fingerprint density at radius 1 is 1.19 bits per heavy atom. The molecular weight excluding hydrogens is 224 g/mol. The number of hydrogen-bond donors (Lipinski definition) is 0. The van der Waals surface area contributed by atoms with Crippen LogP contribution in [0.3, 0.4) is 0 Å². The fourth-order valence-corrected chi connectivity index (χ4v) is 2.71. The van der Waals surface area contributed by atoms with E-state index in [0.29, 0.717) is 11.5 Å². The Balaban J connectivity index is 2.75. The Labute approximate surface area is 97.6 Å². The van der Waals surface area contributed by atoms with Crippen molar-refractivity contribution in [3.8, 4) is 11.5 Å². The molecule has 16 heavy (non-hydrogen) atoms. The number of benzene rings is 1. The summed E-state index contributed by atoms with van der Waals surface area (Å²) in [7, 11) is 3.21. The van der Waals surface area contributed by atoms with Gasteiger partial charge in [0.1, 0.15) is 0 Å². The lowest BCUT2D eigenvalue weighted by Gasteiger charge is -2.07. The van der Waals surface area contributed by atoms with Crippen molar-refractivity contribution in [3.63, 3.8) is 0 Å². The molecular formula is C12H12O3S. The van der Waals surface area contributed by atoms with Crippen LogP contribution in [-0.2, 0) is 0 Å². The molecule has 0 saturated carbocycles. The Morgan fingerprint density at radius 2 is 1.81 bits per heavy atom. The van der Waals surface area contributed by atoms with E-state index in [1.807, 2.05) is 19.1 Å². The summed E-state index contributed by atoms with van der Waals surface area (Å²) in [5, 5.41) is 1.05. The van der Waals surface area contributed by atoms with Crippen molar-refractivity contribution in [1.29, 1.82) is 0 Å². The van der Waals surface area contributed by atoms with Crippen LogP contribution < -0.4 is 9.47 Å². The number of fused-ring (bicyclic) bond motifs is 1. The van der Waals surface area contributed by atoms with Gasteiger partial charge >= 0.3 is 0 Å². The zero-order valence-electron chi connectivity index (χ0n) is 9.37. The molecule has 84 valence electrons. The SMILES string of the molecule is COc1cc2sc(C=O)c(C)c2cc1OC. The summed E-state index contributed by atoms with van der Waals surface area (Å²) < 4.78 is 11.5. The molecule has 0 saturated heterocycles. The summed E-state index contributed by atoms with van der Waals surface area (Å²) in [6.07, 6.45) is 0.888. The van der Waals surface area contributed by atoms with Crippen molar-refractivity contribution in [3.05, 3.63) is 22.6 Å². The Morgan fingerprint density at radius 3 is 2.38 bits per heavy atom. The molecule has 0 radical (unpaired) electrons. The molecule has 0 fully saturated rings. The number of carbonyl (C=O) groups is 1. The van der Waals surface area contributed by atoms with Gasteiger partial charge in [-0.3, -0.25) is 4.79 Å². The average Bonchev–Trinajstić information content (AvgIpc) is 2.63. The first kappa shape index (κ1) is 11.0. The predicted octanol–water partition coefficient (Wildman–Crippen LogP) is 3.04. The highest BCUT2D eigenvalue weighted by Gasteiger charge is 2.12. The summed E-state index contributed by atoms with van der Waals surface area (Å²) in [5.74, 6) is 1.38. The number of hydrogen-bond acceptors (Lipinski definition) is 4. The molecule has 0 aliphatic heterocycles. The van der Waals surface area contributed by atoms with E-state index in [1.165, 1.54) is 11.3 Å². The lowest BCUT2D eigenvalue weighted by Crippen LogP contribution is -1.89. The third-order valence-corrected chi connectivity index (χ3v) is 3.77. The summed E-state index contributed by atoms with van der Waals surface area (Å²) in [6.45, 7) is 1.94. The van der Waals surface area contributed by atoms with Gasteiger partial charge in [-0.25, -0.2) is 0 Å². The molecule has 3 nitrogen and oxygen atoms in total. The van der Waals surface area contributed by atoms with Crippen LogP contribution in [0.1, 0.15) is 15.2 Å². The highest BCUT2D eigenvalue weighted by molar-refractivity contribution is 7.20. The zero-order chi connectivity index (χ0) is 11.7. The molecule has 0 aliphatic carbocycles. The van der Waals surface area contributed by atoms with Crippen molar-refractivity contribution in [1.82, 2.24) is 0 Å². The lowest BCUT2D eigenvalue weighted by atomic mass is 10.1. The molecule has 1 aromatic carbocycles. The van der Waals surface area contributed by atoms with Gasteiger partial charge < -0.3 is 9.47 Å². The number of ether oxygens (including phenoxy) is 2. The van der Waals surface area contributed by atoms with E-state index in [2.05, 4.69) is 0 Å². The van der Waals surface area contributed by atoms with Gasteiger partial charge in [0.05, 0.1) is 19.1 Å². The lowest BCUT2D eigenvalue weighted by molar-refractivity contribution is 0.112. The number of aldehydes is 1. The van der Waals surface area contributed by atoms with Gasteiger partial charge in [0, 0.05) is 16.2 Å². The smallest absolute Gasteiger partial charge is 0.162 e. The largest absolute Gasteiger partial charge is 0.493 e. The number of thiophene rings is 1. The van der Waals surface area contributed by atoms with Crippen LogP contribution >= 0.6 is 11.3 Å². The molecule has 0 N–H and O–H groups in total. The molecule has 0 atom stereocenters. The van der Waals surface area contributed by atoms with Crippen LogP contribution in [0.4, 0.5) is 0 Å². The zero-order valence-corrected chi connectivity index (χ0v) is 10.2. The second-order valence-electron chi connectivity index (χ2n) is 3.41. The first-order chi connectivity index (χ1) is 7.71. The highest BCUT2D eigenvalue weighted by Crippen LogP contribution is 2.38. The molecule has 0 amide bonds. The fraction of sp³-hybridized carbons (Fsp3) is 0.250. The minimum atomic E-state index is 0.688. The van der Waals surface area contributed by atoms with Gasteiger partial charge in [0.15, 0.2) is 17.8 Å². The second-order valence-corrected chi connectivity index (χ2v) is 4.50. The summed E-state index contributed by atoms with van der Waals surface area (Å²) in [6, 6.07) is 3.81. The van der Waals surface area contributed by atoms with Crippen LogP contribution in [0.5, 0.6) is 11.5 Å². The topological polar surface area (TPSA) is 35.5 Å². The molecule has 1 aromatic heterocycles. The Kier molecular flexibility index (Phi) is 2.83. The Bertz CT molecular complexity index is 543. The van der Waals surface area contributed by atoms with Crippen molar-refractivity contribution < 1.29 is 14.3 Å². The van der Waals surface area contributed by atoms with Crippen LogP contribution in [0.2, 0.25) is 0 Å². The molecule has 2 aromatic rings. The van der Waals surface area contributed by atoms with Crippen molar-refractivity contribution in [2.75, 3.05) is 14.2 Å². The number of rotatable bonds is 3. The molecule has 0 spiro atoms. The molecule has 0 unspecified atom stereocenters. The third-order valence-electron chi connectivity index (χ3n) is 2.59. The van der Waals surface area contributed by atoms with E-state index in [9.17, 15) is 4.79 Å². The summed E-state index contributed by atoms with van der Waals surface area (Å²) in [4.78, 5) is 11.6. The van der Waals surface area contributed by atoms with E-state index >= 15 is 0 Å². The number of methoxy groups -OCH3 is 2. The van der Waals surface area contributed by atoms with Crippen LogP contribution in [-0.4, -0.2) is 20.5 Å². The monoisotopic (exact) mass is 236 g/mol. The van der Waals surface area contributed by atoms with E-state index in [1.54, 1.807) is 14.2 Å². The first-order valence-corrected chi connectivity index (χ1v) is 5.63. The molecule has 0 aliphatic rings. The quantitative estimate of drug-likeness (QED) is 0.768. The highest BCUT2D eigenvalue weighted by atomic mass is 32.1. The van der Waals surface area contributed by atoms with E-state index in [0.717, 1.165) is 26.8 Å². The predicted molar refractivity (Wildman–Crippen MR) is 65.1 cm³/mol. The van der Waals surface area contributed by atoms with Gasteiger partial charge in [-0.05, 0) is 18.6 Å². The normalized spacial score (nSPS) is 10.4. The van der Waals surface area contributed by atoms with Gasteiger partial charge in [-0.15, -0.1) is 11.3 Å². The second kappa shape index (κ2) is 4.14. The molecule has 0 bridgehead atoms. The van der Waals surface area contributed by atoms with Crippen molar-refractivity contribution >= 4 is 27.7 Å².